The Morgan fingerprint density at radius 1 is 1.06 bits per heavy atom. The molecule has 2 N–H and O–H groups in total. The summed E-state index contributed by atoms with van der Waals surface area (Å²) >= 11 is 1.24. The number of nitrogens with zero attached hydrogens (tertiary/aromatic N) is 3. The van der Waals surface area contributed by atoms with Gasteiger partial charge in [-0.3, -0.25) is 14.7 Å². The highest BCUT2D eigenvalue weighted by Crippen LogP contribution is 2.41. The fraction of sp³-hybridized carbons (Fsp3) is 0.238. The summed E-state index contributed by atoms with van der Waals surface area (Å²) in [6.45, 7) is 0.150. The average Bonchev–Trinajstić information content (AvgIpc) is 3.36. The molecule has 2 aromatic carbocycles. The number of nitrogens with one attached hydrogen (secondary N) is 2. The number of amides is 3. The van der Waals surface area contributed by atoms with Crippen LogP contribution in [0, 0.1) is 0 Å². The van der Waals surface area contributed by atoms with E-state index in [9.17, 15) is 9.59 Å². The Hall–Kier alpha value is -3.53. The molecule has 1 aromatic heterocycles. The van der Waals surface area contributed by atoms with Crippen molar-refractivity contribution < 1.29 is 19.1 Å². The highest BCUT2D eigenvalue weighted by Gasteiger charge is 2.31. The van der Waals surface area contributed by atoms with Gasteiger partial charge in [-0.15, -0.1) is 10.2 Å². The lowest BCUT2D eigenvalue weighted by molar-refractivity contribution is -0.117. The molecule has 1 aliphatic carbocycles. The van der Waals surface area contributed by atoms with Gasteiger partial charge >= 0.3 is 6.03 Å². The molecule has 0 bridgehead atoms. The van der Waals surface area contributed by atoms with E-state index in [1.54, 1.807) is 18.2 Å². The number of fused-ring (bicyclic) bond motifs is 1. The van der Waals surface area contributed by atoms with E-state index in [0.717, 1.165) is 24.4 Å². The van der Waals surface area contributed by atoms with Crippen molar-refractivity contribution in [1.82, 2.24) is 20.1 Å². The van der Waals surface area contributed by atoms with Crippen molar-refractivity contribution in [2.45, 2.75) is 23.9 Å². The largest absolute Gasteiger partial charge is 0.454 e. The van der Waals surface area contributed by atoms with Crippen LogP contribution in [0.2, 0.25) is 0 Å². The minimum absolute atomic E-state index is 0.0319. The van der Waals surface area contributed by atoms with E-state index >= 15 is 0 Å². The van der Waals surface area contributed by atoms with E-state index in [-0.39, 0.29) is 12.5 Å². The number of thioether (sulfide) groups is 1. The maximum Gasteiger partial charge on any atom is 0.325 e. The maximum atomic E-state index is 12.3. The number of hydrogen-bond donors (Lipinski definition) is 2. The van der Waals surface area contributed by atoms with Crippen molar-refractivity contribution in [1.29, 1.82) is 0 Å². The lowest BCUT2D eigenvalue weighted by Crippen LogP contribution is -2.35. The molecule has 10 heteroatoms. The Morgan fingerprint density at radius 3 is 2.68 bits per heavy atom. The molecule has 0 radical (unpaired) electrons. The number of anilines is 1. The van der Waals surface area contributed by atoms with Crippen molar-refractivity contribution in [2.75, 3.05) is 17.9 Å². The van der Waals surface area contributed by atoms with Crippen molar-refractivity contribution in [3.63, 3.8) is 0 Å². The molecule has 9 nitrogen and oxygen atoms in total. The van der Waals surface area contributed by atoms with E-state index in [2.05, 4.69) is 20.8 Å². The molecule has 5 rings (SSSR count). The number of aromatic nitrogens is 3. The van der Waals surface area contributed by atoms with Gasteiger partial charge in [0.15, 0.2) is 16.7 Å². The van der Waals surface area contributed by atoms with E-state index < -0.39 is 11.9 Å². The second-order valence-electron chi connectivity index (χ2n) is 7.15. The van der Waals surface area contributed by atoms with Gasteiger partial charge in [0.2, 0.25) is 12.7 Å². The normalized spacial score (nSPS) is 14.3. The Kier molecular flexibility index (Phi) is 5.21. The number of carbonyl (C=O) groups is 2. The molecule has 1 saturated carbocycles. The third-order valence-electron chi connectivity index (χ3n) is 4.83. The molecule has 1 aliphatic heterocycles. The summed E-state index contributed by atoms with van der Waals surface area (Å²) in [5, 5.41) is 14.2. The van der Waals surface area contributed by atoms with Crippen LogP contribution in [0.1, 0.15) is 24.6 Å². The minimum Gasteiger partial charge on any atom is -0.454 e. The van der Waals surface area contributed by atoms with Gasteiger partial charge in [0.25, 0.3) is 0 Å². The molecule has 3 aromatic rings. The molecule has 158 valence electrons. The number of urea groups is 1. The zero-order valence-corrected chi connectivity index (χ0v) is 17.2. The first-order valence-corrected chi connectivity index (χ1v) is 10.8. The monoisotopic (exact) mass is 437 g/mol. The van der Waals surface area contributed by atoms with Crippen LogP contribution in [-0.4, -0.2) is 39.2 Å². The van der Waals surface area contributed by atoms with Gasteiger partial charge in [-0.1, -0.05) is 30.0 Å². The fourth-order valence-corrected chi connectivity index (χ4v) is 3.99. The predicted molar refractivity (Wildman–Crippen MR) is 114 cm³/mol. The molecule has 2 heterocycles. The summed E-state index contributed by atoms with van der Waals surface area (Å²) in [5.74, 6) is 2.08. The first-order valence-electron chi connectivity index (χ1n) is 9.81. The van der Waals surface area contributed by atoms with Gasteiger partial charge < -0.3 is 14.8 Å². The summed E-state index contributed by atoms with van der Waals surface area (Å²) in [4.78, 5) is 24.5. The molecule has 0 atom stereocenters. The average molecular weight is 437 g/mol. The number of benzene rings is 2. The van der Waals surface area contributed by atoms with Gasteiger partial charge in [0.1, 0.15) is 5.82 Å². The zero-order chi connectivity index (χ0) is 21.2. The van der Waals surface area contributed by atoms with E-state index in [1.165, 1.54) is 11.8 Å². The number of hydrogen-bond acceptors (Lipinski definition) is 7. The van der Waals surface area contributed by atoms with Crippen LogP contribution >= 0.6 is 11.8 Å². The van der Waals surface area contributed by atoms with Crippen LogP contribution in [0.25, 0.3) is 5.69 Å². The molecule has 1 fully saturated rings. The summed E-state index contributed by atoms with van der Waals surface area (Å²) in [6.07, 6.45) is 2.19. The second-order valence-corrected chi connectivity index (χ2v) is 8.09. The quantitative estimate of drug-likeness (QED) is 0.570. The van der Waals surface area contributed by atoms with Crippen molar-refractivity contribution in [2.24, 2.45) is 0 Å². The van der Waals surface area contributed by atoms with Crippen molar-refractivity contribution in [3.05, 3.63) is 54.4 Å². The van der Waals surface area contributed by atoms with Gasteiger partial charge in [0, 0.05) is 23.4 Å². The number of imide groups is 1. The van der Waals surface area contributed by atoms with E-state index in [0.29, 0.717) is 28.3 Å². The standard InChI is InChI=1S/C21H19N5O4S/c27-18(23-20(28)22-14-8-9-16-17(10-14)30-12-29-16)11-31-21-25-24-19(13-6-7-13)26(21)15-4-2-1-3-5-15/h1-5,8-10,13H,6-7,11-12H2,(H2,22,23,27,28). The number of carbonyl (C=O) groups excluding carboxylic acids is 2. The fourth-order valence-electron chi connectivity index (χ4n) is 3.23. The SMILES string of the molecule is O=C(CSc1nnc(C2CC2)n1-c1ccccc1)NC(=O)Nc1ccc2c(c1)OCO2. The Bertz CT molecular complexity index is 1130. The lowest BCUT2D eigenvalue weighted by Gasteiger charge is -2.10. The van der Waals surface area contributed by atoms with Crippen LogP contribution < -0.4 is 20.1 Å². The van der Waals surface area contributed by atoms with Crippen molar-refractivity contribution >= 4 is 29.4 Å². The summed E-state index contributed by atoms with van der Waals surface area (Å²) < 4.78 is 12.5. The molecule has 0 saturated heterocycles. The number of rotatable bonds is 6. The Morgan fingerprint density at radius 2 is 1.87 bits per heavy atom. The van der Waals surface area contributed by atoms with Crippen molar-refractivity contribution in [3.8, 4) is 17.2 Å². The van der Waals surface area contributed by atoms with Gasteiger partial charge in [-0.05, 0) is 37.1 Å². The van der Waals surface area contributed by atoms with Crippen LogP contribution in [0.15, 0.2) is 53.7 Å². The molecule has 0 unspecified atom stereocenters. The number of para-hydroxylation sites is 1. The molecule has 0 spiro atoms. The minimum atomic E-state index is -0.618. The summed E-state index contributed by atoms with van der Waals surface area (Å²) in [6, 6.07) is 14.2. The van der Waals surface area contributed by atoms with Crippen LogP contribution in [-0.2, 0) is 4.79 Å². The topological polar surface area (TPSA) is 107 Å². The van der Waals surface area contributed by atoms with Gasteiger partial charge in [0.05, 0.1) is 5.75 Å². The number of ether oxygens (including phenoxy) is 2. The summed E-state index contributed by atoms with van der Waals surface area (Å²) in [7, 11) is 0. The highest BCUT2D eigenvalue weighted by molar-refractivity contribution is 7.99. The first kappa shape index (κ1) is 19.4. The molecular weight excluding hydrogens is 418 g/mol. The smallest absolute Gasteiger partial charge is 0.325 e. The predicted octanol–water partition coefficient (Wildman–Crippen LogP) is 3.31. The van der Waals surface area contributed by atoms with Gasteiger partial charge in [-0.2, -0.15) is 0 Å². The van der Waals surface area contributed by atoms with E-state index in [1.807, 2.05) is 34.9 Å². The highest BCUT2D eigenvalue weighted by atomic mass is 32.2. The molecule has 31 heavy (non-hydrogen) atoms. The zero-order valence-electron chi connectivity index (χ0n) is 16.4. The summed E-state index contributed by atoms with van der Waals surface area (Å²) in [5.41, 5.74) is 1.46. The van der Waals surface area contributed by atoms with Gasteiger partial charge in [-0.25, -0.2) is 4.79 Å². The molecule has 2 aliphatic rings. The van der Waals surface area contributed by atoms with Crippen LogP contribution in [0.5, 0.6) is 11.5 Å². The Labute approximate surface area is 182 Å². The molecule has 3 amide bonds. The van der Waals surface area contributed by atoms with Crippen LogP contribution in [0.4, 0.5) is 10.5 Å². The second kappa shape index (κ2) is 8.31. The first-order chi connectivity index (χ1) is 15.2. The lowest BCUT2D eigenvalue weighted by atomic mass is 10.3. The molecular formula is C21H19N5O4S. The third kappa shape index (κ3) is 4.33. The van der Waals surface area contributed by atoms with E-state index in [4.69, 9.17) is 9.47 Å². The van der Waals surface area contributed by atoms with Crippen LogP contribution in [0.3, 0.4) is 0 Å². The Balaban J connectivity index is 1.20. The maximum absolute atomic E-state index is 12.3. The third-order valence-corrected chi connectivity index (χ3v) is 5.76.